The largest absolute Gasteiger partial charge is 0.358 e. The minimum atomic E-state index is -0.102. The molecule has 1 aliphatic rings. The molecule has 0 aromatic heterocycles. The summed E-state index contributed by atoms with van der Waals surface area (Å²) in [5, 5.41) is 18.0. The number of hydrogen-bond acceptors (Lipinski definition) is 3. The Morgan fingerprint density at radius 2 is 1.77 bits per heavy atom. The fraction of sp³-hybridized carbons (Fsp3) is 0.217. The van der Waals surface area contributed by atoms with Gasteiger partial charge in [0.25, 0.3) is 0 Å². The molecular formula is C23H21N3. The van der Waals surface area contributed by atoms with Crippen molar-refractivity contribution in [3.05, 3.63) is 76.9 Å². The van der Waals surface area contributed by atoms with Crippen LogP contribution in [0.1, 0.15) is 37.5 Å². The van der Waals surface area contributed by atoms with Crippen LogP contribution in [0, 0.1) is 22.7 Å². The van der Waals surface area contributed by atoms with Gasteiger partial charge in [-0.1, -0.05) is 42.5 Å². The molecule has 0 N–H and O–H groups in total. The highest BCUT2D eigenvalue weighted by Crippen LogP contribution is 2.40. The van der Waals surface area contributed by atoms with Crippen molar-refractivity contribution in [1.29, 1.82) is 10.5 Å². The molecule has 2 aromatic rings. The van der Waals surface area contributed by atoms with Crippen molar-refractivity contribution < 1.29 is 0 Å². The standard InChI is InChI=1S/C23H21N3/c1-17-13-23(2,3)26(16-18-7-5-4-6-8-18)22-10-9-19(12-21(17)22)11-20(14-24)15-25/h4-13H,16H2,1-3H3. The number of fused-ring (bicyclic) bond motifs is 1. The maximum atomic E-state index is 8.99. The lowest BCUT2D eigenvalue weighted by Gasteiger charge is -2.43. The van der Waals surface area contributed by atoms with E-state index >= 15 is 0 Å². The van der Waals surface area contributed by atoms with Crippen molar-refractivity contribution in [3.63, 3.8) is 0 Å². The minimum absolute atomic E-state index is 0.102. The molecule has 0 saturated heterocycles. The van der Waals surface area contributed by atoms with E-state index in [0.29, 0.717) is 0 Å². The molecule has 0 radical (unpaired) electrons. The Hall–Kier alpha value is -3.30. The molecule has 0 bridgehead atoms. The number of nitriles is 2. The molecule has 3 rings (SSSR count). The number of rotatable bonds is 3. The summed E-state index contributed by atoms with van der Waals surface area (Å²) in [6, 6.07) is 20.4. The van der Waals surface area contributed by atoms with Gasteiger partial charge in [0.2, 0.25) is 0 Å². The van der Waals surface area contributed by atoms with Gasteiger partial charge in [-0.25, -0.2) is 0 Å². The Kier molecular flexibility index (Phi) is 4.65. The highest BCUT2D eigenvalue weighted by molar-refractivity contribution is 5.83. The first kappa shape index (κ1) is 17.5. The van der Waals surface area contributed by atoms with Crippen molar-refractivity contribution in [2.24, 2.45) is 0 Å². The van der Waals surface area contributed by atoms with Gasteiger partial charge in [0.1, 0.15) is 17.7 Å². The van der Waals surface area contributed by atoms with E-state index in [0.717, 1.165) is 17.7 Å². The molecule has 128 valence electrons. The van der Waals surface area contributed by atoms with Crippen molar-refractivity contribution in [3.8, 4) is 12.1 Å². The van der Waals surface area contributed by atoms with Gasteiger partial charge in [-0.2, -0.15) is 10.5 Å². The van der Waals surface area contributed by atoms with Crippen molar-refractivity contribution in [1.82, 2.24) is 0 Å². The zero-order valence-electron chi connectivity index (χ0n) is 15.3. The molecule has 2 aromatic carbocycles. The Labute approximate surface area is 155 Å². The zero-order valence-corrected chi connectivity index (χ0v) is 15.3. The molecule has 3 nitrogen and oxygen atoms in total. The van der Waals surface area contributed by atoms with Gasteiger partial charge in [0, 0.05) is 17.8 Å². The second kappa shape index (κ2) is 6.90. The van der Waals surface area contributed by atoms with Crippen LogP contribution in [0.15, 0.2) is 60.2 Å². The van der Waals surface area contributed by atoms with E-state index < -0.39 is 0 Å². The predicted octanol–water partition coefficient (Wildman–Crippen LogP) is 5.32. The summed E-state index contributed by atoms with van der Waals surface area (Å²) in [6.07, 6.45) is 3.91. The van der Waals surface area contributed by atoms with Crippen molar-refractivity contribution >= 4 is 17.3 Å². The van der Waals surface area contributed by atoms with E-state index in [-0.39, 0.29) is 11.1 Å². The zero-order chi connectivity index (χ0) is 18.7. The van der Waals surface area contributed by atoms with Crippen molar-refractivity contribution in [2.75, 3.05) is 4.90 Å². The van der Waals surface area contributed by atoms with Crippen molar-refractivity contribution in [2.45, 2.75) is 32.9 Å². The average molecular weight is 339 g/mol. The normalized spacial score (nSPS) is 14.5. The quantitative estimate of drug-likeness (QED) is 0.711. The number of anilines is 1. The molecule has 0 fully saturated rings. The van der Waals surface area contributed by atoms with Crippen LogP contribution in [0.2, 0.25) is 0 Å². The summed E-state index contributed by atoms with van der Waals surface area (Å²) in [7, 11) is 0. The number of nitrogens with zero attached hydrogens (tertiary/aromatic N) is 3. The Morgan fingerprint density at radius 1 is 1.08 bits per heavy atom. The molecule has 1 aliphatic heterocycles. The maximum absolute atomic E-state index is 8.99. The monoisotopic (exact) mass is 339 g/mol. The first-order valence-electron chi connectivity index (χ1n) is 8.62. The molecule has 0 aliphatic carbocycles. The van der Waals surface area contributed by atoms with Gasteiger partial charge in [-0.05, 0) is 55.7 Å². The summed E-state index contributed by atoms with van der Waals surface area (Å²) in [4.78, 5) is 2.40. The summed E-state index contributed by atoms with van der Waals surface area (Å²) >= 11 is 0. The van der Waals surface area contributed by atoms with E-state index in [4.69, 9.17) is 10.5 Å². The molecule has 0 spiro atoms. The van der Waals surface area contributed by atoms with Gasteiger partial charge in [0.05, 0.1) is 5.54 Å². The summed E-state index contributed by atoms with van der Waals surface area (Å²) < 4.78 is 0. The fourth-order valence-electron chi connectivity index (χ4n) is 3.50. The molecule has 26 heavy (non-hydrogen) atoms. The highest BCUT2D eigenvalue weighted by atomic mass is 15.2. The predicted molar refractivity (Wildman–Crippen MR) is 106 cm³/mol. The van der Waals surface area contributed by atoms with E-state index in [1.54, 1.807) is 6.08 Å². The molecular weight excluding hydrogens is 318 g/mol. The average Bonchev–Trinajstić information content (AvgIpc) is 2.63. The Balaban J connectivity index is 2.06. The Bertz CT molecular complexity index is 951. The van der Waals surface area contributed by atoms with Gasteiger partial charge in [-0.3, -0.25) is 0 Å². The summed E-state index contributed by atoms with van der Waals surface area (Å²) in [5.41, 5.74) is 5.67. The SMILES string of the molecule is CC1=CC(C)(C)N(Cc2ccccc2)c2ccc(C=C(C#N)C#N)cc21. The lowest BCUT2D eigenvalue weighted by atomic mass is 9.87. The minimum Gasteiger partial charge on any atom is -0.358 e. The molecule has 3 heteroatoms. The number of benzene rings is 2. The molecule has 0 unspecified atom stereocenters. The summed E-state index contributed by atoms with van der Waals surface area (Å²) in [6.45, 7) is 7.38. The topological polar surface area (TPSA) is 50.8 Å². The molecule has 0 saturated carbocycles. The second-order valence-corrected chi connectivity index (χ2v) is 7.11. The third-order valence-corrected chi connectivity index (χ3v) is 4.74. The van der Waals surface area contributed by atoms with Crippen LogP contribution in [-0.2, 0) is 6.54 Å². The molecule has 1 heterocycles. The molecule has 0 amide bonds. The third kappa shape index (κ3) is 3.39. The Morgan fingerprint density at radius 3 is 2.42 bits per heavy atom. The van der Waals surface area contributed by atoms with Gasteiger partial charge < -0.3 is 4.90 Å². The second-order valence-electron chi connectivity index (χ2n) is 7.11. The maximum Gasteiger partial charge on any atom is 0.130 e. The van der Waals surface area contributed by atoms with Crippen LogP contribution in [0.25, 0.3) is 11.6 Å². The van der Waals surface area contributed by atoms with E-state index in [9.17, 15) is 0 Å². The lowest BCUT2D eigenvalue weighted by Crippen LogP contribution is -2.44. The highest BCUT2D eigenvalue weighted by Gasteiger charge is 2.31. The first-order valence-corrected chi connectivity index (χ1v) is 8.62. The fourth-order valence-corrected chi connectivity index (χ4v) is 3.50. The van der Waals surface area contributed by atoms with Crippen LogP contribution in [0.5, 0.6) is 0 Å². The van der Waals surface area contributed by atoms with Crippen LogP contribution in [-0.4, -0.2) is 5.54 Å². The third-order valence-electron chi connectivity index (χ3n) is 4.74. The molecule has 0 atom stereocenters. The van der Waals surface area contributed by atoms with E-state index in [1.807, 2.05) is 24.3 Å². The number of allylic oxidation sites excluding steroid dienone is 2. The number of hydrogen-bond donors (Lipinski definition) is 0. The van der Waals surface area contributed by atoms with E-state index in [1.165, 1.54) is 16.8 Å². The van der Waals surface area contributed by atoms with E-state index in [2.05, 4.69) is 68.1 Å². The van der Waals surface area contributed by atoms with Crippen LogP contribution in [0.3, 0.4) is 0 Å². The van der Waals surface area contributed by atoms with Gasteiger partial charge in [0.15, 0.2) is 0 Å². The van der Waals surface area contributed by atoms with Gasteiger partial charge >= 0.3 is 0 Å². The van der Waals surface area contributed by atoms with Crippen LogP contribution >= 0.6 is 0 Å². The van der Waals surface area contributed by atoms with Crippen LogP contribution < -0.4 is 4.90 Å². The smallest absolute Gasteiger partial charge is 0.130 e. The van der Waals surface area contributed by atoms with Gasteiger partial charge in [-0.15, -0.1) is 0 Å². The van der Waals surface area contributed by atoms with Crippen LogP contribution in [0.4, 0.5) is 5.69 Å². The lowest BCUT2D eigenvalue weighted by molar-refractivity contribution is 0.552. The first-order chi connectivity index (χ1) is 12.4. The summed E-state index contributed by atoms with van der Waals surface area (Å²) in [5.74, 6) is 0.